The molecular weight excluding hydrogens is 220 g/mol. The monoisotopic (exact) mass is 244 g/mol. The zero-order chi connectivity index (χ0) is 13.9. The number of hydrogen-bond acceptors (Lipinski definition) is 3. The van der Waals surface area contributed by atoms with E-state index in [-0.39, 0.29) is 18.0 Å². The molecule has 0 aromatic carbocycles. The molecule has 0 aliphatic rings. The van der Waals surface area contributed by atoms with E-state index in [2.05, 4.69) is 5.32 Å². The molecule has 17 heavy (non-hydrogen) atoms. The lowest BCUT2D eigenvalue weighted by Gasteiger charge is -2.26. The zero-order valence-electron chi connectivity index (χ0n) is 11.9. The SMILES string of the molecule is CN(CC(=O)NC(C)(C)C)C(=O)OC(C)(C)C. The fourth-order valence-electron chi connectivity index (χ4n) is 1.08. The van der Waals surface area contributed by atoms with Crippen molar-refractivity contribution in [1.29, 1.82) is 0 Å². The Morgan fingerprint density at radius 2 is 1.59 bits per heavy atom. The van der Waals surface area contributed by atoms with Gasteiger partial charge in [-0.05, 0) is 41.5 Å². The van der Waals surface area contributed by atoms with Crippen LogP contribution in [-0.2, 0) is 9.53 Å². The molecule has 0 saturated carbocycles. The minimum atomic E-state index is -0.550. The third-order valence-electron chi connectivity index (χ3n) is 1.60. The van der Waals surface area contributed by atoms with Crippen LogP contribution in [0.5, 0.6) is 0 Å². The van der Waals surface area contributed by atoms with E-state index >= 15 is 0 Å². The van der Waals surface area contributed by atoms with Gasteiger partial charge in [0.05, 0.1) is 0 Å². The molecule has 5 nitrogen and oxygen atoms in total. The largest absolute Gasteiger partial charge is 0.444 e. The lowest BCUT2D eigenvalue weighted by molar-refractivity contribution is -0.123. The minimum absolute atomic E-state index is 0.00775. The molecule has 0 atom stereocenters. The summed E-state index contributed by atoms with van der Waals surface area (Å²) in [6.45, 7) is 11.0. The fraction of sp³-hybridized carbons (Fsp3) is 0.833. The minimum Gasteiger partial charge on any atom is -0.444 e. The van der Waals surface area contributed by atoms with Crippen molar-refractivity contribution in [3.63, 3.8) is 0 Å². The normalized spacial score (nSPS) is 11.9. The van der Waals surface area contributed by atoms with E-state index in [4.69, 9.17) is 4.74 Å². The number of amides is 2. The summed E-state index contributed by atoms with van der Waals surface area (Å²) in [6, 6.07) is 0. The third-order valence-corrected chi connectivity index (χ3v) is 1.60. The van der Waals surface area contributed by atoms with Crippen molar-refractivity contribution in [2.24, 2.45) is 0 Å². The van der Waals surface area contributed by atoms with Gasteiger partial charge in [0.2, 0.25) is 5.91 Å². The number of nitrogens with one attached hydrogen (secondary N) is 1. The second-order valence-corrected chi connectivity index (χ2v) is 6.13. The number of rotatable bonds is 2. The van der Waals surface area contributed by atoms with E-state index in [0.717, 1.165) is 0 Å². The maximum atomic E-state index is 11.6. The van der Waals surface area contributed by atoms with Crippen LogP contribution < -0.4 is 5.32 Å². The van der Waals surface area contributed by atoms with Crippen LogP contribution in [0, 0.1) is 0 Å². The summed E-state index contributed by atoms with van der Waals surface area (Å²) in [5, 5.41) is 2.78. The van der Waals surface area contributed by atoms with E-state index in [1.165, 1.54) is 11.9 Å². The maximum absolute atomic E-state index is 11.6. The highest BCUT2D eigenvalue weighted by Crippen LogP contribution is 2.09. The zero-order valence-corrected chi connectivity index (χ0v) is 11.9. The molecule has 0 unspecified atom stereocenters. The van der Waals surface area contributed by atoms with E-state index < -0.39 is 11.7 Å². The molecule has 0 spiro atoms. The molecule has 0 aliphatic heterocycles. The Kier molecular flexibility index (Phi) is 4.98. The molecule has 0 radical (unpaired) electrons. The molecular formula is C12H24N2O3. The van der Waals surface area contributed by atoms with E-state index in [9.17, 15) is 9.59 Å². The Morgan fingerprint density at radius 1 is 1.12 bits per heavy atom. The number of ether oxygens (including phenoxy) is 1. The fourth-order valence-corrected chi connectivity index (χ4v) is 1.08. The first kappa shape index (κ1) is 15.7. The van der Waals surface area contributed by atoms with E-state index in [1.807, 2.05) is 20.8 Å². The predicted octanol–water partition coefficient (Wildman–Crippen LogP) is 1.77. The van der Waals surface area contributed by atoms with Crippen LogP contribution in [0.3, 0.4) is 0 Å². The molecule has 5 heteroatoms. The first-order chi connectivity index (χ1) is 7.41. The molecule has 0 aromatic rings. The van der Waals surface area contributed by atoms with E-state index in [1.54, 1.807) is 20.8 Å². The van der Waals surface area contributed by atoms with Gasteiger partial charge in [0.25, 0.3) is 0 Å². The van der Waals surface area contributed by atoms with Crippen LogP contribution >= 0.6 is 0 Å². The highest BCUT2D eigenvalue weighted by Gasteiger charge is 2.22. The van der Waals surface area contributed by atoms with Crippen molar-refractivity contribution in [2.45, 2.75) is 52.7 Å². The smallest absolute Gasteiger partial charge is 0.410 e. The Morgan fingerprint density at radius 3 is 1.94 bits per heavy atom. The van der Waals surface area contributed by atoms with Crippen LogP contribution in [0.4, 0.5) is 4.79 Å². The van der Waals surface area contributed by atoms with Crippen LogP contribution in [0.2, 0.25) is 0 Å². The molecule has 100 valence electrons. The Hall–Kier alpha value is -1.26. The van der Waals surface area contributed by atoms with Gasteiger partial charge >= 0.3 is 6.09 Å². The lowest BCUT2D eigenvalue weighted by atomic mass is 10.1. The van der Waals surface area contributed by atoms with Crippen molar-refractivity contribution in [2.75, 3.05) is 13.6 Å². The van der Waals surface area contributed by atoms with Gasteiger partial charge < -0.3 is 15.0 Å². The van der Waals surface area contributed by atoms with Gasteiger partial charge in [0, 0.05) is 12.6 Å². The van der Waals surface area contributed by atoms with Crippen molar-refractivity contribution in [3.05, 3.63) is 0 Å². The molecule has 1 N–H and O–H groups in total. The first-order valence-electron chi connectivity index (χ1n) is 5.66. The number of carbonyl (C=O) groups excluding carboxylic acids is 2. The summed E-state index contributed by atoms with van der Waals surface area (Å²) in [7, 11) is 1.54. The Labute approximate surface area is 103 Å². The molecule has 0 bridgehead atoms. The van der Waals surface area contributed by atoms with Gasteiger partial charge in [-0.25, -0.2) is 4.79 Å². The number of carbonyl (C=O) groups is 2. The van der Waals surface area contributed by atoms with Gasteiger partial charge in [0.1, 0.15) is 12.1 Å². The molecule has 0 fully saturated rings. The Balaban J connectivity index is 4.22. The van der Waals surface area contributed by atoms with Crippen LogP contribution in [0.1, 0.15) is 41.5 Å². The topological polar surface area (TPSA) is 58.6 Å². The summed E-state index contributed by atoms with van der Waals surface area (Å²) < 4.78 is 5.14. The lowest BCUT2D eigenvalue weighted by Crippen LogP contribution is -2.47. The second-order valence-electron chi connectivity index (χ2n) is 6.13. The van der Waals surface area contributed by atoms with Gasteiger partial charge in [-0.1, -0.05) is 0 Å². The van der Waals surface area contributed by atoms with Gasteiger partial charge in [-0.15, -0.1) is 0 Å². The standard InChI is InChI=1S/C12H24N2O3/c1-11(2,3)13-9(15)8-14(7)10(16)17-12(4,5)6/h8H2,1-7H3,(H,13,15). The molecule has 0 aromatic heterocycles. The van der Waals surface area contributed by atoms with Crippen molar-refractivity contribution in [3.8, 4) is 0 Å². The summed E-state index contributed by atoms with van der Waals surface area (Å²) >= 11 is 0. The average molecular weight is 244 g/mol. The Bertz CT molecular complexity index is 287. The predicted molar refractivity (Wildman–Crippen MR) is 66.8 cm³/mol. The van der Waals surface area contributed by atoms with Gasteiger partial charge in [0.15, 0.2) is 0 Å². The third kappa shape index (κ3) is 8.54. The molecule has 2 amide bonds. The summed E-state index contributed by atoms with van der Waals surface area (Å²) in [6.07, 6.45) is -0.499. The van der Waals surface area contributed by atoms with Crippen molar-refractivity contribution >= 4 is 12.0 Å². The molecule has 0 aliphatic carbocycles. The van der Waals surface area contributed by atoms with Crippen LogP contribution in [0.15, 0.2) is 0 Å². The molecule has 0 saturated heterocycles. The average Bonchev–Trinajstić information content (AvgIpc) is 1.95. The maximum Gasteiger partial charge on any atom is 0.410 e. The summed E-state index contributed by atoms with van der Waals surface area (Å²) in [5.74, 6) is -0.203. The number of likely N-dealkylation sites (N-methyl/N-ethyl adjacent to an activating group) is 1. The van der Waals surface area contributed by atoms with Crippen molar-refractivity contribution < 1.29 is 14.3 Å². The molecule has 0 heterocycles. The van der Waals surface area contributed by atoms with Crippen LogP contribution in [-0.4, -0.2) is 41.6 Å². The second kappa shape index (κ2) is 5.38. The summed E-state index contributed by atoms with van der Waals surface area (Å²) in [4.78, 5) is 24.4. The van der Waals surface area contributed by atoms with Gasteiger partial charge in [-0.2, -0.15) is 0 Å². The summed E-state index contributed by atoms with van der Waals surface area (Å²) in [5.41, 5.74) is -0.850. The number of hydrogen-bond donors (Lipinski definition) is 1. The first-order valence-corrected chi connectivity index (χ1v) is 5.66. The van der Waals surface area contributed by atoms with E-state index in [0.29, 0.717) is 0 Å². The van der Waals surface area contributed by atoms with Crippen LogP contribution in [0.25, 0.3) is 0 Å². The highest BCUT2D eigenvalue weighted by atomic mass is 16.6. The highest BCUT2D eigenvalue weighted by molar-refractivity contribution is 5.82. The van der Waals surface area contributed by atoms with Gasteiger partial charge in [-0.3, -0.25) is 4.79 Å². The quantitative estimate of drug-likeness (QED) is 0.805. The van der Waals surface area contributed by atoms with Crippen molar-refractivity contribution in [1.82, 2.24) is 10.2 Å². The number of nitrogens with zero attached hydrogens (tertiary/aromatic N) is 1. The molecule has 0 rings (SSSR count).